The van der Waals surface area contributed by atoms with Crippen LogP contribution < -0.4 is 5.73 Å². The lowest BCUT2D eigenvalue weighted by Crippen LogP contribution is -2.34. The maximum atomic E-state index is 12.6. The first kappa shape index (κ1) is 51.7. The van der Waals surface area contributed by atoms with Crippen LogP contribution in [-0.4, -0.2) is 59.9 Å². The van der Waals surface area contributed by atoms with Gasteiger partial charge in [0.2, 0.25) is 0 Å². The fourth-order valence-electron chi connectivity index (χ4n) is 5.49. The van der Waals surface area contributed by atoms with Gasteiger partial charge < -0.3 is 25.2 Å². The van der Waals surface area contributed by atoms with Crippen molar-refractivity contribution < 1.29 is 47.5 Å². The van der Waals surface area contributed by atoms with Gasteiger partial charge in [-0.1, -0.05) is 140 Å². The molecule has 0 aromatic carbocycles. The van der Waals surface area contributed by atoms with Crippen molar-refractivity contribution in [3.8, 4) is 0 Å². The van der Waals surface area contributed by atoms with E-state index in [9.17, 15) is 23.8 Å². The van der Waals surface area contributed by atoms with Crippen LogP contribution in [0.25, 0.3) is 0 Å². The highest BCUT2D eigenvalue weighted by Crippen LogP contribution is 2.43. The Morgan fingerprint density at radius 3 is 1.52 bits per heavy atom. The number of rotatable bonds is 39. The molecule has 0 spiro atoms. The smallest absolute Gasteiger partial charge is 0.472 e. The van der Waals surface area contributed by atoms with Gasteiger partial charge in [0, 0.05) is 12.8 Å². The first-order chi connectivity index (χ1) is 26.1. The maximum Gasteiger partial charge on any atom is 0.472 e. The van der Waals surface area contributed by atoms with Crippen LogP contribution in [0.2, 0.25) is 0 Å². The van der Waals surface area contributed by atoms with E-state index in [2.05, 4.69) is 54.8 Å². The monoisotopic (exact) mass is 786 g/mol. The zero-order chi connectivity index (χ0) is 40.0. The van der Waals surface area contributed by atoms with Crippen molar-refractivity contribution in [3.05, 3.63) is 36.5 Å². The first-order valence-electron chi connectivity index (χ1n) is 21.0. The van der Waals surface area contributed by atoms with Crippen molar-refractivity contribution in [1.82, 2.24) is 0 Å². The van der Waals surface area contributed by atoms with Crippen LogP contribution >= 0.6 is 7.82 Å². The van der Waals surface area contributed by atoms with E-state index in [0.29, 0.717) is 12.8 Å². The molecule has 0 aliphatic rings. The number of ether oxygens (including phenoxy) is 2. The summed E-state index contributed by atoms with van der Waals surface area (Å²) >= 11 is 0. The second-order valence-electron chi connectivity index (χ2n) is 14.1. The average molecular weight is 786 g/mol. The number of hydrogen-bond acceptors (Lipinski definition) is 9. The number of unbranched alkanes of at least 4 members (excludes halogenated alkanes) is 19. The molecule has 0 fully saturated rings. The number of carbonyl (C=O) groups is 3. The van der Waals surface area contributed by atoms with E-state index < -0.39 is 51.1 Å². The van der Waals surface area contributed by atoms with E-state index in [1.807, 2.05) is 0 Å². The number of carbonyl (C=O) groups excluding carboxylic acids is 2. The number of phosphoric ester groups is 1. The fraction of sp³-hybridized carbons (Fsp3) is 0.786. The molecule has 0 saturated heterocycles. The summed E-state index contributed by atoms with van der Waals surface area (Å²) in [6.07, 6.45) is 39.2. The number of phosphoric acid groups is 1. The number of esters is 2. The highest BCUT2D eigenvalue weighted by molar-refractivity contribution is 7.47. The van der Waals surface area contributed by atoms with Crippen molar-refractivity contribution in [2.45, 2.75) is 193 Å². The molecular formula is C42H76NO10P. The molecule has 0 aromatic heterocycles. The summed E-state index contributed by atoms with van der Waals surface area (Å²) in [6, 6.07) is -1.52. The van der Waals surface area contributed by atoms with E-state index in [1.165, 1.54) is 77.0 Å². The van der Waals surface area contributed by atoms with Crippen LogP contribution in [0.3, 0.4) is 0 Å². The van der Waals surface area contributed by atoms with Gasteiger partial charge in [0.05, 0.1) is 13.2 Å². The number of carboxylic acid groups (broad SMARTS) is 1. The Morgan fingerprint density at radius 1 is 0.574 bits per heavy atom. The molecule has 314 valence electrons. The van der Waals surface area contributed by atoms with Gasteiger partial charge in [-0.3, -0.25) is 23.4 Å². The van der Waals surface area contributed by atoms with E-state index in [1.54, 1.807) is 0 Å². The highest BCUT2D eigenvalue weighted by Gasteiger charge is 2.28. The van der Waals surface area contributed by atoms with Crippen molar-refractivity contribution in [2.24, 2.45) is 5.73 Å². The third-order valence-corrected chi connectivity index (χ3v) is 9.81. The van der Waals surface area contributed by atoms with Crippen LogP contribution in [0.15, 0.2) is 36.5 Å². The Bertz CT molecular complexity index is 1060. The second-order valence-corrected chi connectivity index (χ2v) is 15.6. The van der Waals surface area contributed by atoms with E-state index >= 15 is 0 Å². The molecule has 12 heteroatoms. The summed E-state index contributed by atoms with van der Waals surface area (Å²) in [7, 11) is -4.72. The van der Waals surface area contributed by atoms with E-state index in [4.69, 9.17) is 24.8 Å². The number of carboxylic acids is 1. The summed E-state index contributed by atoms with van der Waals surface area (Å²) in [4.78, 5) is 45.9. The van der Waals surface area contributed by atoms with Gasteiger partial charge in [-0.2, -0.15) is 0 Å². The van der Waals surface area contributed by atoms with Crippen molar-refractivity contribution in [2.75, 3.05) is 19.8 Å². The molecule has 0 aliphatic heterocycles. The van der Waals surface area contributed by atoms with E-state index in [0.717, 1.165) is 64.2 Å². The summed E-state index contributed by atoms with van der Waals surface area (Å²) in [6.45, 7) is 2.73. The molecule has 0 bridgehead atoms. The summed E-state index contributed by atoms with van der Waals surface area (Å²) < 4.78 is 32.6. The largest absolute Gasteiger partial charge is 0.480 e. The number of nitrogens with two attached hydrogens (primary N) is 1. The zero-order valence-electron chi connectivity index (χ0n) is 33.8. The van der Waals surface area contributed by atoms with Gasteiger partial charge in [0.1, 0.15) is 12.6 Å². The minimum absolute atomic E-state index is 0.145. The maximum absolute atomic E-state index is 12.6. The number of hydrogen-bond donors (Lipinski definition) is 3. The third kappa shape index (κ3) is 36.7. The van der Waals surface area contributed by atoms with Crippen molar-refractivity contribution >= 4 is 25.7 Å². The van der Waals surface area contributed by atoms with Crippen molar-refractivity contribution in [1.29, 1.82) is 0 Å². The molecule has 0 aliphatic carbocycles. The predicted octanol–water partition coefficient (Wildman–Crippen LogP) is 10.8. The molecule has 54 heavy (non-hydrogen) atoms. The minimum atomic E-state index is -4.72. The molecule has 11 nitrogen and oxygen atoms in total. The zero-order valence-corrected chi connectivity index (χ0v) is 34.7. The predicted molar refractivity (Wildman–Crippen MR) is 217 cm³/mol. The number of allylic oxidation sites excluding steroid dienone is 6. The highest BCUT2D eigenvalue weighted by atomic mass is 31.2. The first-order valence-corrected chi connectivity index (χ1v) is 22.5. The molecule has 4 N–H and O–H groups in total. The Hall–Kier alpha value is -2.30. The molecule has 0 saturated carbocycles. The SMILES string of the molecule is CCCC/C=C/CCCCCCCCCCCC(=O)OC[C@H](COP(=O)(O)OC[C@H](N)C(=O)O)OC(=O)CCCCCCC/C=C/C/C=C/CCCCC. The topological polar surface area (TPSA) is 172 Å². The van der Waals surface area contributed by atoms with Crippen LogP contribution in [0.4, 0.5) is 0 Å². The van der Waals surface area contributed by atoms with Crippen molar-refractivity contribution in [3.63, 3.8) is 0 Å². The van der Waals surface area contributed by atoms with Gasteiger partial charge in [-0.25, -0.2) is 4.57 Å². The van der Waals surface area contributed by atoms with Crippen LogP contribution in [0.1, 0.15) is 181 Å². The molecule has 3 atom stereocenters. The molecule has 0 amide bonds. The quantitative estimate of drug-likeness (QED) is 0.0234. The number of aliphatic carboxylic acids is 1. The Morgan fingerprint density at radius 2 is 1.00 bits per heavy atom. The molecule has 0 rings (SSSR count). The average Bonchev–Trinajstić information content (AvgIpc) is 3.14. The molecule has 0 aromatic rings. The molecule has 1 unspecified atom stereocenters. The normalized spacial score (nSPS) is 14.1. The summed E-state index contributed by atoms with van der Waals surface area (Å²) in [5, 5.41) is 8.88. The summed E-state index contributed by atoms with van der Waals surface area (Å²) in [5.41, 5.74) is 5.33. The van der Waals surface area contributed by atoms with Gasteiger partial charge in [0.25, 0.3) is 0 Å². The summed E-state index contributed by atoms with van der Waals surface area (Å²) in [5.74, 6) is -2.40. The van der Waals surface area contributed by atoms with Gasteiger partial charge in [0.15, 0.2) is 6.10 Å². The van der Waals surface area contributed by atoms with Crippen LogP contribution in [-0.2, 0) is 37.5 Å². The molecule has 0 heterocycles. The fourth-order valence-corrected chi connectivity index (χ4v) is 6.26. The second kappa shape index (κ2) is 37.6. The van der Waals surface area contributed by atoms with Crippen LogP contribution in [0, 0.1) is 0 Å². The lowest BCUT2D eigenvalue weighted by atomic mass is 10.1. The Labute approximate surface area is 327 Å². The van der Waals surface area contributed by atoms with E-state index in [-0.39, 0.29) is 19.4 Å². The van der Waals surface area contributed by atoms with Gasteiger partial charge in [-0.15, -0.1) is 0 Å². The standard InChI is InChI=1S/C42H76NO10P/c1-3-5-7-9-11-13-15-17-19-21-23-25-27-29-31-33-40(44)50-35-38(36-51-54(48,49)52-37-39(43)42(46)47)53-41(45)34-32-30-28-26-24-22-20-18-16-14-12-10-8-6-4-2/h9,11-12,14,18,20,38-39H,3-8,10,13,15-17,19,21-37,43H2,1-2H3,(H,46,47)(H,48,49)/b11-9+,14-12+,20-18+/t38-,39+/m1/s1. The van der Waals surface area contributed by atoms with Gasteiger partial charge >= 0.3 is 25.7 Å². The molecule has 0 radical (unpaired) electrons. The molecular weight excluding hydrogens is 709 g/mol. The third-order valence-electron chi connectivity index (χ3n) is 8.86. The minimum Gasteiger partial charge on any atom is -0.480 e. The lowest BCUT2D eigenvalue weighted by Gasteiger charge is -2.20. The Kier molecular flexibility index (Phi) is 36.0. The van der Waals surface area contributed by atoms with Gasteiger partial charge in [-0.05, 0) is 64.2 Å². The van der Waals surface area contributed by atoms with Crippen LogP contribution in [0.5, 0.6) is 0 Å². The Balaban J connectivity index is 4.41. The lowest BCUT2D eigenvalue weighted by molar-refractivity contribution is -0.161.